The van der Waals surface area contributed by atoms with Gasteiger partial charge in [-0.25, -0.2) is 0 Å². The van der Waals surface area contributed by atoms with Crippen molar-refractivity contribution in [2.45, 2.75) is 12.8 Å². The summed E-state index contributed by atoms with van der Waals surface area (Å²) < 4.78 is 5.25. The van der Waals surface area contributed by atoms with Crippen molar-refractivity contribution in [3.63, 3.8) is 0 Å². The van der Waals surface area contributed by atoms with Crippen LogP contribution >= 0.6 is 12.4 Å². The van der Waals surface area contributed by atoms with Crippen molar-refractivity contribution < 1.29 is 14.3 Å². The van der Waals surface area contributed by atoms with Gasteiger partial charge in [-0.05, 0) is 38.1 Å². The van der Waals surface area contributed by atoms with Gasteiger partial charge in [-0.3, -0.25) is 9.59 Å². The van der Waals surface area contributed by atoms with E-state index in [2.05, 4.69) is 16.0 Å². The molecule has 1 aromatic carbocycles. The predicted molar refractivity (Wildman–Crippen MR) is 95.4 cm³/mol. The summed E-state index contributed by atoms with van der Waals surface area (Å²) in [6, 6.07) is 9.03. The van der Waals surface area contributed by atoms with Crippen molar-refractivity contribution in [3.05, 3.63) is 35.9 Å². The summed E-state index contributed by atoms with van der Waals surface area (Å²) >= 11 is 0. The lowest BCUT2D eigenvalue weighted by Gasteiger charge is -2.35. The second kappa shape index (κ2) is 10.3. The van der Waals surface area contributed by atoms with Gasteiger partial charge >= 0.3 is 0 Å². The number of hydrogen-bond acceptors (Lipinski definition) is 4. The van der Waals surface area contributed by atoms with Gasteiger partial charge in [0.15, 0.2) is 0 Å². The average Bonchev–Trinajstić information content (AvgIpc) is 2.60. The number of ether oxygens (including phenoxy) is 1. The normalized spacial score (nSPS) is 15.9. The van der Waals surface area contributed by atoms with Gasteiger partial charge < -0.3 is 20.7 Å². The van der Waals surface area contributed by atoms with Crippen LogP contribution in [-0.4, -0.2) is 51.7 Å². The molecule has 1 saturated heterocycles. The summed E-state index contributed by atoms with van der Waals surface area (Å²) in [5, 5.41) is 8.99. The molecule has 134 valence electrons. The maximum atomic E-state index is 12.5. The van der Waals surface area contributed by atoms with E-state index in [0.717, 1.165) is 25.9 Å². The molecule has 24 heavy (non-hydrogen) atoms. The van der Waals surface area contributed by atoms with Crippen molar-refractivity contribution in [3.8, 4) is 0 Å². The van der Waals surface area contributed by atoms with E-state index in [1.54, 1.807) is 19.2 Å². The first-order valence-corrected chi connectivity index (χ1v) is 7.99. The summed E-state index contributed by atoms with van der Waals surface area (Å²) in [6.45, 7) is 2.89. The highest BCUT2D eigenvalue weighted by Gasteiger charge is 2.39. The molecule has 0 atom stereocenters. The first-order chi connectivity index (χ1) is 11.2. The minimum atomic E-state index is -0.455. The zero-order valence-corrected chi connectivity index (χ0v) is 14.8. The highest BCUT2D eigenvalue weighted by Crippen LogP contribution is 2.29. The molecular weight excluding hydrogens is 330 g/mol. The number of piperidine rings is 1. The second-order valence-electron chi connectivity index (χ2n) is 5.84. The fourth-order valence-electron chi connectivity index (χ4n) is 2.85. The van der Waals surface area contributed by atoms with Gasteiger partial charge in [-0.15, -0.1) is 12.4 Å². The van der Waals surface area contributed by atoms with Gasteiger partial charge in [0.25, 0.3) is 5.91 Å². The molecule has 1 fully saturated rings. The minimum absolute atomic E-state index is 0. The quantitative estimate of drug-likeness (QED) is 0.637. The summed E-state index contributed by atoms with van der Waals surface area (Å²) in [7, 11) is 1.62. The Bertz CT molecular complexity index is 514. The molecule has 0 bridgehead atoms. The van der Waals surface area contributed by atoms with Crippen LogP contribution in [0.4, 0.5) is 0 Å². The fraction of sp³-hybridized carbons (Fsp3) is 0.529. The average molecular weight is 356 g/mol. The van der Waals surface area contributed by atoms with Crippen LogP contribution in [0, 0.1) is 5.41 Å². The Morgan fingerprint density at radius 2 is 1.75 bits per heavy atom. The predicted octanol–water partition coefficient (Wildman–Crippen LogP) is 0.971. The van der Waals surface area contributed by atoms with E-state index in [0.29, 0.717) is 25.3 Å². The molecule has 1 aromatic rings. The standard InChI is InChI=1S/C17H25N3O3.ClH/c1-23-13-17(7-9-18-10-8-17)16(22)20-12-11-19-15(21)14-5-3-2-4-6-14;/h2-6,18H,7-13H2,1H3,(H,19,21)(H,20,22);1H. The summed E-state index contributed by atoms with van der Waals surface area (Å²) in [5.74, 6) is -0.122. The largest absolute Gasteiger partial charge is 0.384 e. The number of halogens is 1. The summed E-state index contributed by atoms with van der Waals surface area (Å²) in [6.07, 6.45) is 1.53. The number of carbonyl (C=O) groups is 2. The monoisotopic (exact) mass is 355 g/mol. The fourth-order valence-corrected chi connectivity index (χ4v) is 2.85. The summed E-state index contributed by atoms with van der Waals surface area (Å²) in [4.78, 5) is 24.4. The molecule has 3 N–H and O–H groups in total. The van der Waals surface area contributed by atoms with Crippen LogP contribution in [0.25, 0.3) is 0 Å². The number of methoxy groups -OCH3 is 1. The molecule has 6 nitrogen and oxygen atoms in total. The second-order valence-corrected chi connectivity index (χ2v) is 5.84. The summed E-state index contributed by atoms with van der Waals surface area (Å²) in [5.41, 5.74) is 0.164. The van der Waals surface area contributed by atoms with Crippen molar-refractivity contribution in [2.75, 3.05) is 39.9 Å². The lowest BCUT2D eigenvalue weighted by atomic mass is 9.78. The first-order valence-electron chi connectivity index (χ1n) is 7.99. The number of amides is 2. The van der Waals surface area contributed by atoms with E-state index >= 15 is 0 Å². The first kappa shape index (κ1) is 20.4. The van der Waals surface area contributed by atoms with Crippen LogP contribution in [0.1, 0.15) is 23.2 Å². The molecule has 1 aliphatic rings. The Morgan fingerprint density at radius 1 is 1.12 bits per heavy atom. The van der Waals surface area contributed by atoms with E-state index < -0.39 is 5.41 Å². The molecule has 0 aromatic heterocycles. The number of rotatable bonds is 7. The highest BCUT2D eigenvalue weighted by atomic mass is 35.5. The van der Waals surface area contributed by atoms with Gasteiger partial charge in [0.05, 0.1) is 12.0 Å². The van der Waals surface area contributed by atoms with E-state index in [9.17, 15) is 9.59 Å². The Hall–Kier alpha value is -1.63. The number of benzene rings is 1. The third-order valence-electron chi connectivity index (χ3n) is 4.20. The van der Waals surface area contributed by atoms with Crippen molar-refractivity contribution in [2.24, 2.45) is 5.41 Å². The zero-order chi connectivity index (χ0) is 16.5. The smallest absolute Gasteiger partial charge is 0.251 e. The highest BCUT2D eigenvalue weighted by molar-refractivity contribution is 5.94. The van der Waals surface area contributed by atoms with Gasteiger partial charge in [0.2, 0.25) is 5.91 Å². The molecule has 1 heterocycles. The van der Waals surface area contributed by atoms with Crippen molar-refractivity contribution in [1.29, 1.82) is 0 Å². The van der Waals surface area contributed by atoms with Gasteiger partial charge in [-0.1, -0.05) is 18.2 Å². The number of hydrogen-bond donors (Lipinski definition) is 3. The van der Waals surface area contributed by atoms with Crippen LogP contribution < -0.4 is 16.0 Å². The Kier molecular flexibility index (Phi) is 8.74. The topological polar surface area (TPSA) is 79.5 Å². The lowest BCUT2D eigenvalue weighted by molar-refractivity contribution is -0.136. The Morgan fingerprint density at radius 3 is 2.38 bits per heavy atom. The van der Waals surface area contributed by atoms with E-state index in [1.165, 1.54) is 0 Å². The molecule has 0 saturated carbocycles. The van der Waals surface area contributed by atoms with Gasteiger partial charge in [0.1, 0.15) is 0 Å². The molecule has 2 amide bonds. The SMILES string of the molecule is COCC1(C(=O)NCCNC(=O)c2ccccc2)CCNCC1.Cl. The molecule has 7 heteroatoms. The molecule has 0 unspecified atom stereocenters. The van der Waals surface area contributed by atoms with Crippen LogP contribution in [0.3, 0.4) is 0 Å². The Balaban J connectivity index is 0.00000288. The maximum Gasteiger partial charge on any atom is 0.251 e. The molecule has 0 spiro atoms. The van der Waals surface area contributed by atoms with E-state index in [1.807, 2.05) is 18.2 Å². The minimum Gasteiger partial charge on any atom is -0.384 e. The van der Waals surface area contributed by atoms with Crippen LogP contribution in [-0.2, 0) is 9.53 Å². The molecule has 0 aliphatic carbocycles. The lowest BCUT2D eigenvalue weighted by Crippen LogP contribution is -2.51. The molecular formula is C17H26ClN3O3. The Labute approximate surface area is 149 Å². The van der Waals surface area contributed by atoms with Crippen LogP contribution in [0.5, 0.6) is 0 Å². The molecule has 0 radical (unpaired) electrons. The van der Waals surface area contributed by atoms with Crippen molar-refractivity contribution in [1.82, 2.24) is 16.0 Å². The number of carbonyl (C=O) groups excluding carboxylic acids is 2. The van der Waals surface area contributed by atoms with E-state index in [-0.39, 0.29) is 24.2 Å². The van der Waals surface area contributed by atoms with E-state index in [4.69, 9.17) is 4.74 Å². The van der Waals surface area contributed by atoms with Gasteiger partial charge in [-0.2, -0.15) is 0 Å². The third-order valence-corrected chi connectivity index (χ3v) is 4.20. The number of nitrogens with one attached hydrogen (secondary N) is 3. The molecule has 1 aliphatic heterocycles. The molecule has 2 rings (SSSR count). The van der Waals surface area contributed by atoms with Crippen LogP contribution in [0.15, 0.2) is 30.3 Å². The van der Waals surface area contributed by atoms with Gasteiger partial charge in [0, 0.05) is 25.8 Å². The van der Waals surface area contributed by atoms with Crippen molar-refractivity contribution >= 4 is 24.2 Å². The van der Waals surface area contributed by atoms with Crippen LogP contribution in [0.2, 0.25) is 0 Å². The third kappa shape index (κ3) is 5.47. The zero-order valence-electron chi connectivity index (χ0n) is 14.0. The maximum absolute atomic E-state index is 12.5.